The highest BCUT2D eigenvalue weighted by atomic mass is 15.1. The number of nitrogens with zero attached hydrogens (tertiary/aromatic N) is 3. The second-order valence-electron chi connectivity index (χ2n) is 5.41. The minimum atomic E-state index is 0.381. The van der Waals surface area contributed by atoms with E-state index >= 15 is 0 Å². The zero-order chi connectivity index (χ0) is 11.5. The summed E-state index contributed by atoms with van der Waals surface area (Å²) >= 11 is 0. The fourth-order valence-electron chi connectivity index (χ4n) is 3.33. The SMILES string of the molecule is Cn1c2c(c3ncncc31)CC1(CCC1)NC2. The maximum atomic E-state index is 4.48. The number of fused-ring (bicyclic) bond motifs is 3. The van der Waals surface area contributed by atoms with Crippen molar-refractivity contribution in [3.63, 3.8) is 0 Å². The average molecular weight is 228 g/mol. The van der Waals surface area contributed by atoms with Crippen LogP contribution in [-0.2, 0) is 20.0 Å². The first-order valence-corrected chi connectivity index (χ1v) is 6.30. The minimum Gasteiger partial charge on any atom is -0.344 e. The van der Waals surface area contributed by atoms with Crippen LogP contribution in [0.1, 0.15) is 30.5 Å². The third-order valence-electron chi connectivity index (χ3n) is 4.55. The van der Waals surface area contributed by atoms with E-state index in [4.69, 9.17) is 0 Å². The minimum absolute atomic E-state index is 0.381. The molecule has 17 heavy (non-hydrogen) atoms. The van der Waals surface area contributed by atoms with Gasteiger partial charge in [-0.1, -0.05) is 0 Å². The van der Waals surface area contributed by atoms with Gasteiger partial charge in [-0.05, 0) is 25.7 Å². The second-order valence-corrected chi connectivity index (χ2v) is 5.41. The van der Waals surface area contributed by atoms with Crippen molar-refractivity contribution >= 4 is 11.0 Å². The highest BCUT2D eigenvalue weighted by Gasteiger charge is 2.41. The summed E-state index contributed by atoms with van der Waals surface area (Å²) in [7, 11) is 2.12. The molecule has 0 atom stereocenters. The van der Waals surface area contributed by atoms with Gasteiger partial charge in [-0.3, -0.25) is 0 Å². The molecule has 1 aliphatic carbocycles. The van der Waals surface area contributed by atoms with Gasteiger partial charge in [0.2, 0.25) is 0 Å². The van der Waals surface area contributed by atoms with Crippen LogP contribution < -0.4 is 5.32 Å². The van der Waals surface area contributed by atoms with Crippen LogP contribution >= 0.6 is 0 Å². The predicted octanol–water partition coefficient (Wildman–Crippen LogP) is 1.54. The fraction of sp³-hybridized carbons (Fsp3) is 0.538. The van der Waals surface area contributed by atoms with Gasteiger partial charge in [0.15, 0.2) is 0 Å². The fourth-order valence-corrected chi connectivity index (χ4v) is 3.33. The van der Waals surface area contributed by atoms with Crippen molar-refractivity contribution in [2.45, 2.75) is 37.8 Å². The lowest BCUT2D eigenvalue weighted by Crippen LogP contribution is -2.54. The highest BCUT2D eigenvalue weighted by molar-refractivity contribution is 5.81. The lowest BCUT2D eigenvalue weighted by Gasteiger charge is -2.45. The molecular formula is C13H16N4. The van der Waals surface area contributed by atoms with Crippen LogP contribution in [0.3, 0.4) is 0 Å². The van der Waals surface area contributed by atoms with E-state index in [2.05, 4.69) is 26.9 Å². The lowest BCUT2D eigenvalue weighted by molar-refractivity contribution is 0.169. The normalized spacial score (nSPS) is 21.5. The summed E-state index contributed by atoms with van der Waals surface area (Å²) in [5, 5.41) is 3.72. The number of aromatic nitrogens is 3. The maximum absolute atomic E-state index is 4.48. The summed E-state index contributed by atoms with van der Waals surface area (Å²) in [6, 6.07) is 0. The Labute approximate surface area is 100 Å². The van der Waals surface area contributed by atoms with Gasteiger partial charge in [-0.25, -0.2) is 9.97 Å². The molecule has 2 aliphatic rings. The molecule has 4 heteroatoms. The van der Waals surface area contributed by atoms with E-state index < -0.39 is 0 Å². The first-order valence-electron chi connectivity index (χ1n) is 6.30. The number of hydrogen-bond donors (Lipinski definition) is 1. The van der Waals surface area contributed by atoms with Crippen molar-refractivity contribution in [3.8, 4) is 0 Å². The van der Waals surface area contributed by atoms with Gasteiger partial charge in [0.25, 0.3) is 0 Å². The topological polar surface area (TPSA) is 42.7 Å². The van der Waals surface area contributed by atoms with Crippen molar-refractivity contribution in [3.05, 3.63) is 23.8 Å². The maximum Gasteiger partial charge on any atom is 0.116 e. The van der Waals surface area contributed by atoms with E-state index in [1.54, 1.807) is 6.33 Å². The molecule has 1 N–H and O–H groups in total. The van der Waals surface area contributed by atoms with E-state index in [0.29, 0.717) is 5.54 Å². The molecule has 0 saturated heterocycles. The summed E-state index contributed by atoms with van der Waals surface area (Å²) in [6.07, 6.45) is 8.72. The van der Waals surface area contributed by atoms with Crippen molar-refractivity contribution in [1.82, 2.24) is 19.9 Å². The molecule has 2 aromatic heterocycles. The number of nitrogens with one attached hydrogen (secondary N) is 1. The van der Waals surface area contributed by atoms with Crippen LogP contribution in [0.4, 0.5) is 0 Å². The largest absolute Gasteiger partial charge is 0.344 e. The van der Waals surface area contributed by atoms with Gasteiger partial charge in [0, 0.05) is 30.4 Å². The molecule has 1 saturated carbocycles. The molecule has 1 aliphatic heterocycles. The van der Waals surface area contributed by atoms with E-state index in [-0.39, 0.29) is 0 Å². The molecule has 0 amide bonds. The third kappa shape index (κ3) is 1.16. The third-order valence-corrected chi connectivity index (χ3v) is 4.55. The van der Waals surface area contributed by atoms with Gasteiger partial charge in [-0.2, -0.15) is 0 Å². The lowest BCUT2D eigenvalue weighted by atomic mass is 9.71. The summed E-state index contributed by atoms with van der Waals surface area (Å²) in [4.78, 5) is 8.61. The van der Waals surface area contributed by atoms with Crippen molar-refractivity contribution in [2.75, 3.05) is 0 Å². The Morgan fingerprint density at radius 3 is 3.06 bits per heavy atom. The summed E-state index contributed by atoms with van der Waals surface area (Å²) in [6.45, 7) is 0.974. The van der Waals surface area contributed by atoms with Crippen molar-refractivity contribution < 1.29 is 0 Å². The molecule has 3 heterocycles. The molecule has 1 spiro atoms. The Balaban J connectivity index is 1.94. The van der Waals surface area contributed by atoms with Gasteiger partial charge >= 0.3 is 0 Å². The van der Waals surface area contributed by atoms with E-state index in [1.165, 1.54) is 30.5 Å². The summed E-state index contributed by atoms with van der Waals surface area (Å²) in [5.74, 6) is 0. The van der Waals surface area contributed by atoms with E-state index in [9.17, 15) is 0 Å². The quantitative estimate of drug-likeness (QED) is 0.743. The number of rotatable bonds is 0. The van der Waals surface area contributed by atoms with Crippen LogP contribution in [0.2, 0.25) is 0 Å². The molecular weight excluding hydrogens is 212 g/mol. The molecule has 4 nitrogen and oxygen atoms in total. The van der Waals surface area contributed by atoms with Crippen molar-refractivity contribution in [2.24, 2.45) is 7.05 Å². The monoisotopic (exact) mass is 228 g/mol. The first-order chi connectivity index (χ1) is 8.29. The molecule has 88 valence electrons. The average Bonchev–Trinajstić information content (AvgIpc) is 2.62. The van der Waals surface area contributed by atoms with E-state index in [1.807, 2.05) is 6.20 Å². The zero-order valence-electron chi connectivity index (χ0n) is 10.0. The van der Waals surface area contributed by atoms with Crippen LogP contribution in [0.15, 0.2) is 12.5 Å². The Morgan fingerprint density at radius 1 is 1.41 bits per heavy atom. The molecule has 0 radical (unpaired) electrons. The summed E-state index contributed by atoms with van der Waals surface area (Å²) < 4.78 is 2.24. The second kappa shape index (κ2) is 3.07. The Morgan fingerprint density at radius 2 is 2.29 bits per heavy atom. The Kier molecular flexibility index (Phi) is 1.73. The predicted molar refractivity (Wildman–Crippen MR) is 65.6 cm³/mol. The molecule has 0 bridgehead atoms. The van der Waals surface area contributed by atoms with Crippen LogP contribution in [0.5, 0.6) is 0 Å². The molecule has 0 unspecified atom stereocenters. The van der Waals surface area contributed by atoms with Crippen LogP contribution in [0.25, 0.3) is 11.0 Å². The van der Waals surface area contributed by atoms with Gasteiger partial charge < -0.3 is 9.88 Å². The molecule has 2 aromatic rings. The number of aryl methyl sites for hydroxylation is 1. The van der Waals surface area contributed by atoms with Gasteiger partial charge in [0.1, 0.15) is 6.33 Å². The van der Waals surface area contributed by atoms with Crippen LogP contribution in [-0.4, -0.2) is 20.1 Å². The summed E-state index contributed by atoms with van der Waals surface area (Å²) in [5.41, 5.74) is 5.54. The first kappa shape index (κ1) is 9.59. The van der Waals surface area contributed by atoms with E-state index in [0.717, 1.165) is 24.0 Å². The smallest absolute Gasteiger partial charge is 0.116 e. The van der Waals surface area contributed by atoms with Gasteiger partial charge in [0.05, 0.1) is 17.2 Å². The molecule has 0 aromatic carbocycles. The highest BCUT2D eigenvalue weighted by Crippen LogP contribution is 2.40. The number of hydrogen-bond acceptors (Lipinski definition) is 3. The zero-order valence-corrected chi connectivity index (χ0v) is 10.0. The van der Waals surface area contributed by atoms with Crippen LogP contribution in [0, 0.1) is 0 Å². The Hall–Kier alpha value is -1.42. The van der Waals surface area contributed by atoms with Gasteiger partial charge in [-0.15, -0.1) is 0 Å². The molecule has 1 fully saturated rings. The Bertz CT molecular complexity index is 595. The standard InChI is InChI=1S/C13H16N4/c1-17-10-7-16-13(3-2-4-13)5-9(10)12-11(17)6-14-8-15-12/h6,8,16H,2-5,7H2,1H3. The molecule has 4 rings (SSSR count). The van der Waals surface area contributed by atoms with Crippen molar-refractivity contribution in [1.29, 1.82) is 0 Å².